The van der Waals surface area contributed by atoms with Gasteiger partial charge in [0, 0.05) is 6.54 Å². The van der Waals surface area contributed by atoms with E-state index in [9.17, 15) is 22.4 Å². The normalized spacial score (nSPS) is 11.4. The van der Waals surface area contributed by atoms with Crippen molar-refractivity contribution in [1.82, 2.24) is 0 Å². The summed E-state index contributed by atoms with van der Waals surface area (Å²) in [5.41, 5.74) is -0.328. The van der Waals surface area contributed by atoms with Crippen molar-refractivity contribution in [1.29, 1.82) is 0 Å². The van der Waals surface area contributed by atoms with Crippen LogP contribution < -0.4 is 4.90 Å². The van der Waals surface area contributed by atoms with E-state index in [0.717, 1.165) is 17.9 Å². The summed E-state index contributed by atoms with van der Waals surface area (Å²) >= 11 is 0. The summed E-state index contributed by atoms with van der Waals surface area (Å²) in [5, 5.41) is 0. The summed E-state index contributed by atoms with van der Waals surface area (Å²) in [6, 6.07) is 3.66. The number of anilines is 1. The molecule has 1 aromatic rings. The van der Waals surface area contributed by atoms with Crippen LogP contribution >= 0.6 is 0 Å². The number of carbonyl (C=O) groups is 1. The Labute approximate surface area is 102 Å². The largest absolute Gasteiger partial charge is 0.405 e. The Balaban J connectivity index is 3.21. The van der Waals surface area contributed by atoms with Crippen LogP contribution in [0.25, 0.3) is 0 Å². The number of nitrogens with zero attached hydrogens (tertiary/aromatic N) is 1. The van der Waals surface area contributed by atoms with E-state index in [0.29, 0.717) is 0 Å². The van der Waals surface area contributed by atoms with Crippen LogP contribution in [0.1, 0.15) is 24.2 Å². The molecule has 0 N–H and O–H groups in total. The Morgan fingerprint density at radius 2 is 1.94 bits per heavy atom. The van der Waals surface area contributed by atoms with E-state index in [1.54, 1.807) is 0 Å². The van der Waals surface area contributed by atoms with Gasteiger partial charge in [-0.1, -0.05) is 6.07 Å². The highest BCUT2D eigenvalue weighted by Gasteiger charge is 2.31. The first kappa shape index (κ1) is 14.5. The first-order chi connectivity index (χ1) is 8.26. The standard InChI is InChI=1S/C12H13F4NO/c1-3-17(7-12(14,15)16)10-6-4-5-9(13)11(10)8(2)18/h4-6H,3,7H2,1-2H3. The molecule has 0 radical (unpaired) electrons. The molecule has 0 atom stereocenters. The third-order valence-electron chi connectivity index (χ3n) is 2.44. The van der Waals surface area contributed by atoms with E-state index in [1.807, 2.05) is 0 Å². The van der Waals surface area contributed by atoms with Gasteiger partial charge in [0.05, 0.1) is 11.3 Å². The third-order valence-corrected chi connectivity index (χ3v) is 2.44. The predicted octanol–water partition coefficient (Wildman–Crippen LogP) is 3.42. The van der Waals surface area contributed by atoms with Crippen LogP contribution in [-0.4, -0.2) is 25.0 Å². The SMILES string of the molecule is CCN(CC(F)(F)F)c1cccc(F)c1C(C)=O. The van der Waals surface area contributed by atoms with Crippen molar-refractivity contribution >= 4 is 11.5 Å². The van der Waals surface area contributed by atoms with Crippen molar-refractivity contribution in [2.24, 2.45) is 0 Å². The number of benzene rings is 1. The fraction of sp³-hybridized carbons (Fsp3) is 0.417. The van der Waals surface area contributed by atoms with Gasteiger partial charge in [0.2, 0.25) is 0 Å². The number of rotatable bonds is 4. The van der Waals surface area contributed by atoms with E-state index in [-0.39, 0.29) is 17.8 Å². The highest BCUT2D eigenvalue weighted by molar-refractivity contribution is 6.00. The maximum atomic E-state index is 13.5. The molecule has 0 spiro atoms. The number of Topliss-reactive ketones (excluding diaryl/α,β-unsaturated/α-hetero) is 1. The quantitative estimate of drug-likeness (QED) is 0.613. The van der Waals surface area contributed by atoms with Crippen molar-refractivity contribution in [3.63, 3.8) is 0 Å². The zero-order chi connectivity index (χ0) is 13.9. The second kappa shape index (κ2) is 5.37. The number of alkyl halides is 3. The molecule has 1 rings (SSSR count). The minimum Gasteiger partial charge on any atom is -0.362 e. The van der Waals surface area contributed by atoms with E-state index < -0.39 is 24.3 Å². The summed E-state index contributed by atoms with van der Waals surface area (Å²) in [6.45, 7) is 1.46. The maximum absolute atomic E-state index is 13.5. The van der Waals surface area contributed by atoms with Gasteiger partial charge in [-0.2, -0.15) is 13.2 Å². The van der Waals surface area contributed by atoms with Gasteiger partial charge in [0.25, 0.3) is 0 Å². The second-order valence-corrected chi connectivity index (χ2v) is 3.82. The molecule has 0 saturated heterocycles. The number of halogens is 4. The van der Waals surface area contributed by atoms with Gasteiger partial charge < -0.3 is 4.90 Å². The molecule has 0 fully saturated rings. The minimum atomic E-state index is -4.41. The van der Waals surface area contributed by atoms with Crippen LogP contribution in [0, 0.1) is 5.82 Å². The molecule has 0 heterocycles. The predicted molar refractivity (Wildman–Crippen MR) is 60.3 cm³/mol. The molecule has 0 bridgehead atoms. The third kappa shape index (κ3) is 3.45. The van der Waals surface area contributed by atoms with Gasteiger partial charge in [0.1, 0.15) is 12.4 Å². The Morgan fingerprint density at radius 3 is 2.39 bits per heavy atom. The van der Waals surface area contributed by atoms with Gasteiger partial charge in [-0.15, -0.1) is 0 Å². The van der Waals surface area contributed by atoms with Crippen LogP contribution in [0.5, 0.6) is 0 Å². The summed E-state index contributed by atoms with van der Waals surface area (Å²) in [5.74, 6) is -1.40. The monoisotopic (exact) mass is 263 g/mol. The van der Waals surface area contributed by atoms with Crippen LogP contribution in [-0.2, 0) is 0 Å². The number of ketones is 1. The zero-order valence-corrected chi connectivity index (χ0v) is 10.0. The summed E-state index contributed by atoms with van der Waals surface area (Å²) < 4.78 is 50.7. The molecule has 18 heavy (non-hydrogen) atoms. The van der Waals surface area contributed by atoms with Crippen molar-refractivity contribution < 1.29 is 22.4 Å². The van der Waals surface area contributed by atoms with E-state index in [2.05, 4.69) is 0 Å². The lowest BCUT2D eigenvalue weighted by Gasteiger charge is -2.26. The Hall–Kier alpha value is -1.59. The van der Waals surface area contributed by atoms with Crippen LogP contribution in [0.2, 0.25) is 0 Å². The molecule has 2 nitrogen and oxygen atoms in total. The second-order valence-electron chi connectivity index (χ2n) is 3.82. The zero-order valence-electron chi connectivity index (χ0n) is 10.0. The number of hydrogen-bond acceptors (Lipinski definition) is 2. The van der Waals surface area contributed by atoms with E-state index in [4.69, 9.17) is 0 Å². The molecule has 0 aromatic heterocycles. The molecular weight excluding hydrogens is 250 g/mol. The molecule has 100 valence electrons. The lowest BCUT2D eigenvalue weighted by molar-refractivity contribution is -0.119. The Kier molecular flexibility index (Phi) is 4.32. The van der Waals surface area contributed by atoms with Crippen LogP contribution in [0.4, 0.5) is 23.2 Å². The molecule has 0 aliphatic heterocycles. The summed E-state index contributed by atoms with van der Waals surface area (Å²) in [4.78, 5) is 12.3. The molecular formula is C12H13F4NO. The van der Waals surface area contributed by atoms with Crippen LogP contribution in [0.3, 0.4) is 0 Å². The van der Waals surface area contributed by atoms with Crippen molar-refractivity contribution in [2.75, 3.05) is 18.0 Å². The smallest absolute Gasteiger partial charge is 0.362 e. The van der Waals surface area contributed by atoms with Crippen LogP contribution in [0.15, 0.2) is 18.2 Å². The minimum absolute atomic E-state index is 0.0256. The molecule has 0 amide bonds. The summed E-state index contributed by atoms with van der Waals surface area (Å²) in [6.07, 6.45) is -4.41. The number of hydrogen-bond donors (Lipinski definition) is 0. The van der Waals surface area contributed by atoms with E-state index in [1.165, 1.54) is 19.1 Å². The molecule has 0 aliphatic carbocycles. The Morgan fingerprint density at radius 1 is 1.33 bits per heavy atom. The maximum Gasteiger partial charge on any atom is 0.405 e. The summed E-state index contributed by atoms with van der Waals surface area (Å²) in [7, 11) is 0. The number of carbonyl (C=O) groups excluding carboxylic acids is 1. The molecule has 0 aliphatic rings. The van der Waals surface area contributed by atoms with E-state index >= 15 is 0 Å². The fourth-order valence-electron chi connectivity index (χ4n) is 1.71. The van der Waals surface area contributed by atoms with Crippen molar-refractivity contribution in [3.8, 4) is 0 Å². The average Bonchev–Trinajstić information content (AvgIpc) is 2.23. The molecule has 0 saturated carbocycles. The van der Waals surface area contributed by atoms with Gasteiger partial charge in [-0.05, 0) is 26.0 Å². The van der Waals surface area contributed by atoms with Crippen molar-refractivity contribution in [3.05, 3.63) is 29.6 Å². The fourth-order valence-corrected chi connectivity index (χ4v) is 1.71. The Bertz CT molecular complexity index is 442. The van der Waals surface area contributed by atoms with Gasteiger partial charge in [0.15, 0.2) is 5.78 Å². The topological polar surface area (TPSA) is 20.3 Å². The highest BCUT2D eigenvalue weighted by atomic mass is 19.4. The molecule has 1 aromatic carbocycles. The lowest BCUT2D eigenvalue weighted by atomic mass is 10.1. The van der Waals surface area contributed by atoms with Gasteiger partial charge >= 0.3 is 6.18 Å². The first-order valence-electron chi connectivity index (χ1n) is 5.37. The van der Waals surface area contributed by atoms with Gasteiger partial charge in [-0.3, -0.25) is 4.79 Å². The molecule has 6 heteroatoms. The first-order valence-corrected chi connectivity index (χ1v) is 5.37. The average molecular weight is 263 g/mol. The lowest BCUT2D eigenvalue weighted by Crippen LogP contribution is -2.35. The highest BCUT2D eigenvalue weighted by Crippen LogP contribution is 2.27. The van der Waals surface area contributed by atoms with Gasteiger partial charge in [-0.25, -0.2) is 4.39 Å². The molecule has 0 unspecified atom stereocenters. The van der Waals surface area contributed by atoms with Crippen molar-refractivity contribution in [2.45, 2.75) is 20.0 Å².